The molecule has 0 unspecified atom stereocenters. The first-order valence-corrected chi connectivity index (χ1v) is 6.57. The van der Waals surface area contributed by atoms with Crippen molar-refractivity contribution >= 4 is 15.9 Å². The van der Waals surface area contributed by atoms with Crippen LogP contribution in [0.1, 0.15) is 44.2 Å². The summed E-state index contributed by atoms with van der Waals surface area (Å²) in [6.07, 6.45) is 4.68. The van der Waals surface area contributed by atoms with Gasteiger partial charge in [-0.1, -0.05) is 42.1 Å². The number of rotatable bonds is 6. The molecule has 0 aliphatic heterocycles. The van der Waals surface area contributed by atoms with Gasteiger partial charge in [0.15, 0.2) is 0 Å². The lowest BCUT2D eigenvalue weighted by atomic mass is 10.0. The number of nitrogens with two attached hydrogens (primary N) is 1. The molecule has 0 heterocycles. The minimum atomic E-state index is 0.0935. The van der Waals surface area contributed by atoms with Crippen molar-refractivity contribution in [3.05, 3.63) is 28.2 Å². The maximum absolute atomic E-state index is 6.17. The third-order valence-electron chi connectivity index (χ3n) is 2.72. The van der Waals surface area contributed by atoms with Gasteiger partial charge in [-0.3, -0.25) is 0 Å². The molecule has 1 atom stereocenters. The molecule has 0 aromatic heterocycles. The molecule has 0 aliphatic rings. The maximum atomic E-state index is 6.17. The van der Waals surface area contributed by atoms with Crippen LogP contribution in [0.25, 0.3) is 0 Å². The molecule has 2 nitrogen and oxygen atoms in total. The highest BCUT2D eigenvalue weighted by Crippen LogP contribution is 2.29. The molecular weight excluding hydrogens is 266 g/mol. The molecule has 1 aromatic rings. The van der Waals surface area contributed by atoms with Crippen molar-refractivity contribution in [1.29, 1.82) is 0 Å². The van der Waals surface area contributed by atoms with E-state index in [0.29, 0.717) is 0 Å². The molecule has 1 aromatic carbocycles. The van der Waals surface area contributed by atoms with Crippen LogP contribution in [-0.4, -0.2) is 7.11 Å². The number of benzene rings is 1. The zero-order chi connectivity index (χ0) is 12.0. The van der Waals surface area contributed by atoms with Crippen LogP contribution in [0.5, 0.6) is 5.75 Å². The van der Waals surface area contributed by atoms with Crippen LogP contribution in [0.2, 0.25) is 0 Å². The molecule has 0 fully saturated rings. The molecule has 16 heavy (non-hydrogen) atoms. The summed E-state index contributed by atoms with van der Waals surface area (Å²) < 4.78 is 6.28. The van der Waals surface area contributed by atoms with Crippen molar-refractivity contribution in [3.63, 3.8) is 0 Å². The monoisotopic (exact) mass is 285 g/mol. The van der Waals surface area contributed by atoms with E-state index in [1.807, 2.05) is 18.2 Å². The molecule has 0 saturated carbocycles. The Hall–Kier alpha value is -0.540. The largest absolute Gasteiger partial charge is 0.497 e. The first-order valence-electron chi connectivity index (χ1n) is 5.78. The molecule has 0 saturated heterocycles. The molecule has 0 radical (unpaired) electrons. The molecule has 3 heteroatoms. The van der Waals surface area contributed by atoms with Crippen LogP contribution < -0.4 is 10.5 Å². The predicted octanol–water partition coefficient (Wildman–Crippen LogP) is 4.04. The van der Waals surface area contributed by atoms with E-state index in [9.17, 15) is 0 Å². The SMILES string of the molecule is CCCCC[C@@H](N)c1cc(OC)ccc1Br. The van der Waals surface area contributed by atoms with Crippen molar-refractivity contribution in [3.8, 4) is 5.75 Å². The predicted molar refractivity (Wildman–Crippen MR) is 71.8 cm³/mol. The Bertz CT molecular complexity index is 328. The summed E-state index contributed by atoms with van der Waals surface area (Å²) in [7, 11) is 1.68. The van der Waals surface area contributed by atoms with Gasteiger partial charge in [-0.2, -0.15) is 0 Å². The van der Waals surface area contributed by atoms with Gasteiger partial charge >= 0.3 is 0 Å². The van der Waals surface area contributed by atoms with Crippen LogP contribution in [-0.2, 0) is 0 Å². The number of halogens is 1. The van der Waals surface area contributed by atoms with Gasteiger partial charge in [-0.05, 0) is 30.2 Å². The summed E-state index contributed by atoms with van der Waals surface area (Å²) in [5.41, 5.74) is 7.31. The summed E-state index contributed by atoms with van der Waals surface area (Å²) in [5.74, 6) is 0.865. The Morgan fingerprint density at radius 2 is 2.12 bits per heavy atom. The first kappa shape index (κ1) is 13.5. The van der Waals surface area contributed by atoms with E-state index < -0.39 is 0 Å². The number of ether oxygens (including phenoxy) is 1. The van der Waals surface area contributed by atoms with Crippen molar-refractivity contribution in [2.45, 2.75) is 38.6 Å². The topological polar surface area (TPSA) is 35.2 Å². The highest BCUT2D eigenvalue weighted by atomic mass is 79.9. The molecular formula is C13H20BrNO. The van der Waals surface area contributed by atoms with Gasteiger partial charge in [0.1, 0.15) is 5.75 Å². The summed E-state index contributed by atoms with van der Waals surface area (Å²) in [6.45, 7) is 2.20. The Morgan fingerprint density at radius 1 is 1.38 bits per heavy atom. The van der Waals surface area contributed by atoms with Gasteiger partial charge in [0.2, 0.25) is 0 Å². The zero-order valence-electron chi connectivity index (χ0n) is 10.0. The molecule has 0 aliphatic carbocycles. The van der Waals surface area contributed by atoms with Crippen molar-refractivity contribution in [2.24, 2.45) is 5.73 Å². The number of hydrogen-bond acceptors (Lipinski definition) is 2. The van der Waals surface area contributed by atoms with Gasteiger partial charge < -0.3 is 10.5 Å². The molecule has 0 bridgehead atoms. The average molecular weight is 286 g/mol. The average Bonchev–Trinajstić information content (AvgIpc) is 2.30. The van der Waals surface area contributed by atoms with Crippen molar-refractivity contribution in [1.82, 2.24) is 0 Å². The van der Waals surface area contributed by atoms with Gasteiger partial charge in [0.05, 0.1) is 7.11 Å². The molecule has 1 rings (SSSR count). The highest BCUT2D eigenvalue weighted by Gasteiger charge is 2.10. The smallest absolute Gasteiger partial charge is 0.119 e. The second kappa shape index (κ2) is 6.92. The van der Waals surface area contributed by atoms with E-state index in [1.54, 1.807) is 7.11 Å². The Balaban J connectivity index is 2.69. The van der Waals surface area contributed by atoms with Gasteiger partial charge in [-0.25, -0.2) is 0 Å². The van der Waals surface area contributed by atoms with Crippen LogP contribution in [0.3, 0.4) is 0 Å². The summed E-state index contributed by atoms with van der Waals surface area (Å²) in [4.78, 5) is 0. The summed E-state index contributed by atoms with van der Waals surface area (Å²) >= 11 is 3.53. The zero-order valence-corrected chi connectivity index (χ0v) is 11.6. The molecule has 0 amide bonds. The van der Waals surface area contributed by atoms with E-state index in [0.717, 1.165) is 22.2 Å². The Labute approximate surface area is 106 Å². The highest BCUT2D eigenvalue weighted by molar-refractivity contribution is 9.10. The van der Waals surface area contributed by atoms with E-state index >= 15 is 0 Å². The van der Waals surface area contributed by atoms with Crippen LogP contribution in [0, 0.1) is 0 Å². The van der Waals surface area contributed by atoms with Gasteiger partial charge in [0.25, 0.3) is 0 Å². The quantitative estimate of drug-likeness (QED) is 0.801. The maximum Gasteiger partial charge on any atom is 0.119 e. The lowest BCUT2D eigenvalue weighted by Crippen LogP contribution is -2.11. The Kier molecular flexibility index (Phi) is 5.85. The van der Waals surface area contributed by atoms with Crippen molar-refractivity contribution < 1.29 is 4.74 Å². The van der Waals surface area contributed by atoms with Crippen LogP contribution in [0.4, 0.5) is 0 Å². The number of hydrogen-bond donors (Lipinski definition) is 1. The third kappa shape index (κ3) is 3.80. The van der Waals surface area contributed by atoms with E-state index in [1.165, 1.54) is 19.3 Å². The lowest BCUT2D eigenvalue weighted by Gasteiger charge is -2.14. The summed E-state index contributed by atoms with van der Waals surface area (Å²) in [6, 6.07) is 6.04. The minimum Gasteiger partial charge on any atom is -0.497 e. The van der Waals surface area contributed by atoms with E-state index in [2.05, 4.69) is 22.9 Å². The van der Waals surface area contributed by atoms with Crippen LogP contribution in [0.15, 0.2) is 22.7 Å². The normalized spacial score (nSPS) is 12.5. The Morgan fingerprint density at radius 3 is 2.75 bits per heavy atom. The fraction of sp³-hybridized carbons (Fsp3) is 0.538. The number of methoxy groups -OCH3 is 1. The van der Waals surface area contributed by atoms with Gasteiger partial charge in [-0.15, -0.1) is 0 Å². The summed E-state index contributed by atoms with van der Waals surface area (Å²) in [5, 5.41) is 0. The minimum absolute atomic E-state index is 0.0935. The standard InChI is InChI=1S/C13H20BrNO/c1-3-4-5-6-13(15)11-9-10(16-2)7-8-12(11)14/h7-9,13H,3-6,15H2,1-2H3/t13-/m1/s1. The second-order valence-corrected chi connectivity index (χ2v) is 4.84. The van der Waals surface area contributed by atoms with Crippen LogP contribution >= 0.6 is 15.9 Å². The van der Waals surface area contributed by atoms with E-state index in [-0.39, 0.29) is 6.04 Å². The second-order valence-electron chi connectivity index (χ2n) is 3.99. The number of unbranched alkanes of at least 4 members (excludes halogenated alkanes) is 2. The fourth-order valence-electron chi connectivity index (χ4n) is 1.70. The van der Waals surface area contributed by atoms with Crippen molar-refractivity contribution in [2.75, 3.05) is 7.11 Å². The van der Waals surface area contributed by atoms with Gasteiger partial charge in [0, 0.05) is 10.5 Å². The van der Waals surface area contributed by atoms with E-state index in [4.69, 9.17) is 10.5 Å². The molecule has 0 spiro atoms. The molecule has 90 valence electrons. The lowest BCUT2D eigenvalue weighted by molar-refractivity contribution is 0.413. The third-order valence-corrected chi connectivity index (χ3v) is 3.44. The fourth-order valence-corrected chi connectivity index (χ4v) is 2.24. The molecule has 2 N–H and O–H groups in total. The first-order chi connectivity index (χ1) is 7.69.